The zero-order valence-electron chi connectivity index (χ0n) is 14.3. The third kappa shape index (κ3) is 3.94. The molecule has 25 heavy (non-hydrogen) atoms. The monoisotopic (exact) mass is 383 g/mol. The Morgan fingerprint density at radius 1 is 1.20 bits per heavy atom. The lowest BCUT2D eigenvalue weighted by Crippen LogP contribution is -2.47. The standard InChI is InChI=1S/C18H23Cl2N3O2/c1-21-10-12-6-8-22(11-12)18(25)16-3-2-7-23(16)17(24)13-4-5-14(19)15(20)9-13/h4-5,9,12,16,21H,2-3,6-8,10-11H2,1H3. The van der Waals surface area contributed by atoms with Crippen LogP contribution in [0.25, 0.3) is 0 Å². The van der Waals surface area contributed by atoms with Crippen molar-refractivity contribution in [3.63, 3.8) is 0 Å². The van der Waals surface area contributed by atoms with E-state index in [1.165, 1.54) is 0 Å². The van der Waals surface area contributed by atoms with Crippen molar-refractivity contribution < 1.29 is 9.59 Å². The second-order valence-electron chi connectivity index (χ2n) is 6.78. The Labute approximate surface area is 158 Å². The van der Waals surface area contributed by atoms with E-state index in [2.05, 4.69) is 5.32 Å². The van der Waals surface area contributed by atoms with Gasteiger partial charge in [0.15, 0.2) is 0 Å². The Bertz CT molecular complexity index is 668. The van der Waals surface area contributed by atoms with Crippen LogP contribution in [0.2, 0.25) is 10.0 Å². The van der Waals surface area contributed by atoms with E-state index in [9.17, 15) is 9.59 Å². The molecule has 2 heterocycles. The third-order valence-electron chi connectivity index (χ3n) is 5.06. The number of nitrogens with zero attached hydrogens (tertiary/aromatic N) is 2. The molecule has 7 heteroatoms. The molecule has 5 nitrogen and oxygen atoms in total. The number of hydrogen-bond donors (Lipinski definition) is 1. The largest absolute Gasteiger partial charge is 0.341 e. The first kappa shape index (κ1) is 18.5. The molecule has 0 aromatic heterocycles. The number of benzene rings is 1. The van der Waals surface area contributed by atoms with E-state index in [4.69, 9.17) is 23.2 Å². The molecule has 1 N–H and O–H groups in total. The van der Waals surface area contributed by atoms with Crippen LogP contribution >= 0.6 is 23.2 Å². The van der Waals surface area contributed by atoms with Gasteiger partial charge in [0.05, 0.1) is 10.0 Å². The highest BCUT2D eigenvalue weighted by atomic mass is 35.5. The number of carbonyl (C=O) groups excluding carboxylic acids is 2. The maximum atomic E-state index is 12.9. The number of hydrogen-bond acceptors (Lipinski definition) is 3. The van der Waals surface area contributed by atoms with Crippen molar-refractivity contribution in [3.8, 4) is 0 Å². The molecule has 2 fully saturated rings. The molecule has 1 aromatic carbocycles. The number of rotatable bonds is 4. The van der Waals surface area contributed by atoms with Crippen molar-refractivity contribution in [2.24, 2.45) is 5.92 Å². The van der Waals surface area contributed by atoms with Gasteiger partial charge in [-0.15, -0.1) is 0 Å². The fourth-order valence-electron chi connectivity index (χ4n) is 3.76. The van der Waals surface area contributed by atoms with Crippen molar-refractivity contribution >= 4 is 35.0 Å². The number of amides is 2. The van der Waals surface area contributed by atoms with Crippen LogP contribution in [-0.2, 0) is 4.79 Å². The lowest BCUT2D eigenvalue weighted by atomic mass is 10.1. The molecule has 0 bridgehead atoms. The zero-order chi connectivity index (χ0) is 18.0. The summed E-state index contributed by atoms with van der Waals surface area (Å²) >= 11 is 12.0. The van der Waals surface area contributed by atoms with Crippen molar-refractivity contribution in [1.29, 1.82) is 0 Å². The van der Waals surface area contributed by atoms with Crippen LogP contribution in [0.1, 0.15) is 29.6 Å². The topological polar surface area (TPSA) is 52.7 Å². The van der Waals surface area contributed by atoms with Crippen LogP contribution in [0.15, 0.2) is 18.2 Å². The Morgan fingerprint density at radius 2 is 2.00 bits per heavy atom. The first-order valence-electron chi connectivity index (χ1n) is 8.70. The van der Waals surface area contributed by atoms with Crippen LogP contribution < -0.4 is 5.32 Å². The Morgan fingerprint density at radius 3 is 2.72 bits per heavy atom. The van der Waals surface area contributed by atoms with Gasteiger partial charge in [-0.3, -0.25) is 9.59 Å². The lowest BCUT2D eigenvalue weighted by molar-refractivity contribution is -0.134. The Hall–Kier alpha value is -1.30. The third-order valence-corrected chi connectivity index (χ3v) is 5.79. The van der Waals surface area contributed by atoms with Crippen LogP contribution in [0.4, 0.5) is 0 Å². The molecular formula is C18H23Cl2N3O2. The molecule has 1 aromatic rings. The van der Waals surface area contributed by atoms with Crippen LogP contribution in [-0.4, -0.2) is 60.9 Å². The molecule has 0 radical (unpaired) electrons. The minimum atomic E-state index is -0.365. The molecule has 2 aliphatic rings. The fraction of sp³-hybridized carbons (Fsp3) is 0.556. The minimum absolute atomic E-state index is 0.0736. The number of halogens is 2. The van der Waals surface area contributed by atoms with E-state index in [0.717, 1.165) is 38.9 Å². The van der Waals surface area contributed by atoms with Crippen molar-refractivity contribution in [3.05, 3.63) is 33.8 Å². The SMILES string of the molecule is CNCC1CCN(C(=O)C2CCCN2C(=O)c2ccc(Cl)c(Cl)c2)C1. The maximum absolute atomic E-state index is 12.9. The van der Waals surface area contributed by atoms with Gasteiger partial charge in [-0.05, 0) is 57.0 Å². The number of likely N-dealkylation sites (tertiary alicyclic amines) is 2. The quantitative estimate of drug-likeness (QED) is 0.869. The van der Waals surface area contributed by atoms with Gasteiger partial charge in [-0.2, -0.15) is 0 Å². The smallest absolute Gasteiger partial charge is 0.254 e. The summed E-state index contributed by atoms with van der Waals surface area (Å²) in [5, 5.41) is 3.94. The highest BCUT2D eigenvalue weighted by Gasteiger charge is 2.38. The minimum Gasteiger partial charge on any atom is -0.341 e. The van der Waals surface area contributed by atoms with Gasteiger partial charge in [-0.25, -0.2) is 0 Å². The summed E-state index contributed by atoms with van der Waals surface area (Å²) in [5.41, 5.74) is 0.476. The summed E-state index contributed by atoms with van der Waals surface area (Å²) in [6.07, 6.45) is 2.58. The molecule has 2 saturated heterocycles. The summed E-state index contributed by atoms with van der Waals surface area (Å²) in [6.45, 7) is 3.06. The van der Waals surface area contributed by atoms with E-state index in [0.29, 0.717) is 28.1 Å². The molecule has 2 aliphatic heterocycles. The molecular weight excluding hydrogens is 361 g/mol. The normalized spacial score (nSPS) is 23.3. The Balaban J connectivity index is 1.70. The first-order valence-corrected chi connectivity index (χ1v) is 9.46. The van der Waals surface area contributed by atoms with Gasteiger partial charge in [-0.1, -0.05) is 23.2 Å². The molecule has 0 saturated carbocycles. The van der Waals surface area contributed by atoms with Gasteiger partial charge in [0.25, 0.3) is 5.91 Å². The molecule has 2 unspecified atom stereocenters. The predicted molar refractivity (Wildman–Crippen MR) is 99.1 cm³/mol. The second-order valence-corrected chi connectivity index (χ2v) is 7.60. The summed E-state index contributed by atoms with van der Waals surface area (Å²) in [5.74, 6) is 0.416. The van der Waals surface area contributed by atoms with Crippen LogP contribution in [0.5, 0.6) is 0 Å². The van der Waals surface area contributed by atoms with Gasteiger partial charge in [0.1, 0.15) is 6.04 Å². The average molecular weight is 384 g/mol. The van der Waals surface area contributed by atoms with Gasteiger partial charge in [0.2, 0.25) is 5.91 Å². The van der Waals surface area contributed by atoms with Crippen molar-refractivity contribution in [2.45, 2.75) is 25.3 Å². The number of nitrogens with one attached hydrogen (secondary N) is 1. The second kappa shape index (κ2) is 7.94. The van der Waals surface area contributed by atoms with E-state index in [1.54, 1.807) is 23.1 Å². The van der Waals surface area contributed by atoms with Crippen LogP contribution in [0, 0.1) is 5.92 Å². The fourth-order valence-corrected chi connectivity index (χ4v) is 4.06. The van der Waals surface area contributed by atoms with Gasteiger partial charge < -0.3 is 15.1 Å². The average Bonchev–Trinajstić information content (AvgIpc) is 3.26. The van der Waals surface area contributed by atoms with Crippen molar-refractivity contribution in [2.75, 3.05) is 33.2 Å². The summed E-state index contributed by atoms with van der Waals surface area (Å²) < 4.78 is 0. The zero-order valence-corrected chi connectivity index (χ0v) is 15.8. The van der Waals surface area contributed by atoms with Crippen LogP contribution in [0.3, 0.4) is 0 Å². The summed E-state index contributed by atoms with van der Waals surface area (Å²) in [4.78, 5) is 29.4. The predicted octanol–water partition coefficient (Wildman–Crippen LogP) is 2.67. The van der Waals surface area contributed by atoms with E-state index < -0.39 is 0 Å². The molecule has 2 atom stereocenters. The Kier molecular flexibility index (Phi) is 5.87. The molecule has 0 spiro atoms. The summed E-state index contributed by atoms with van der Waals surface area (Å²) in [6, 6.07) is 4.49. The number of carbonyl (C=O) groups is 2. The van der Waals surface area contributed by atoms with Gasteiger partial charge in [0, 0.05) is 25.2 Å². The molecule has 0 aliphatic carbocycles. The maximum Gasteiger partial charge on any atom is 0.254 e. The molecule has 2 amide bonds. The summed E-state index contributed by atoms with van der Waals surface area (Å²) in [7, 11) is 1.93. The highest BCUT2D eigenvalue weighted by Crippen LogP contribution is 2.27. The highest BCUT2D eigenvalue weighted by molar-refractivity contribution is 6.42. The van der Waals surface area contributed by atoms with E-state index in [1.807, 2.05) is 11.9 Å². The molecule has 3 rings (SSSR count). The van der Waals surface area contributed by atoms with Crippen molar-refractivity contribution in [1.82, 2.24) is 15.1 Å². The van der Waals surface area contributed by atoms with E-state index >= 15 is 0 Å². The lowest BCUT2D eigenvalue weighted by Gasteiger charge is -2.28. The first-order chi connectivity index (χ1) is 12.0. The van der Waals surface area contributed by atoms with E-state index in [-0.39, 0.29) is 17.9 Å². The molecule has 136 valence electrons. The van der Waals surface area contributed by atoms with Gasteiger partial charge >= 0.3 is 0 Å².